The molecule has 0 saturated heterocycles. The number of fused-ring (bicyclic) bond motifs is 1. The highest BCUT2D eigenvalue weighted by Crippen LogP contribution is 2.30. The number of carbonyl (C=O) groups is 2. The van der Waals surface area contributed by atoms with Crippen molar-refractivity contribution in [3.05, 3.63) is 53.6 Å². The monoisotopic (exact) mass is 628 g/mol. The molecule has 0 spiro atoms. The maximum absolute atomic E-state index is 14.1. The summed E-state index contributed by atoms with van der Waals surface area (Å²) in [5, 5.41) is 3.13. The zero-order valence-electron chi connectivity index (χ0n) is 27.4. The molecule has 3 N–H and O–H groups in total. The first-order valence-corrected chi connectivity index (χ1v) is 15.9. The van der Waals surface area contributed by atoms with Crippen LogP contribution in [-0.2, 0) is 32.0 Å². The lowest BCUT2D eigenvalue weighted by Crippen LogP contribution is -2.52. The topological polar surface area (TPSA) is 125 Å². The van der Waals surface area contributed by atoms with Gasteiger partial charge in [0.15, 0.2) is 11.4 Å². The van der Waals surface area contributed by atoms with Gasteiger partial charge in [0.05, 0.1) is 22.3 Å². The third-order valence-electron chi connectivity index (χ3n) is 6.40. The van der Waals surface area contributed by atoms with Crippen molar-refractivity contribution >= 4 is 38.7 Å². The summed E-state index contributed by atoms with van der Waals surface area (Å²) in [6, 6.07) is 12.1. The molecule has 0 aliphatic rings. The Labute approximate surface area is 265 Å². The number of para-hydroxylation sites is 1. The lowest BCUT2D eigenvalue weighted by atomic mass is 10.0. The van der Waals surface area contributed by atoms with E-state index in [0.717, 1.165) is 21.6 Å². The number of nitrogens with one attached hydrogen (secondary N) is 1. The van der Waals surface area contributed by atoms with Crippen molar-refractivity contribution < 1.29 is 28.5 Å². The van der Waals surface area contributed by atoms with Crippen molar-refractivity contribution in [2.24, 2.45) is 5.73 Å². The molecular formula is C33H48N4O6S. The Hall–Kier alpha value is -3.25. The van der Waals surface area contributed by atoms with Gasteiger partial charge in [-0.25, -0.2) is 9.78 Å². The number of carbonyl (C=O) groups excluding carboxylic acids is 2. The van der Waals surface area contributed by atoms with E-state index in [2.05, 4.69) is 10.3 Å². The molecular weight excluding hydrogens is 580 g/mol. The second-order valence-electron chi connectivity index (χ2n) is 12.6. The van der Waals surface area contributed by atoms with Gasteiger partial charge in [-0.15, -0.1) is 0 Å². The second-order valence-corrected chi connectivity index (χ2v) is 13.6. The molecule has 0 aliphatic carbocycles. The van der Waals surface area contributed by atoms with E-state index < -0.39 is 30.1 Å². The van der Waals surface area contributed by atoms with Gasteiger partial charge in [0.2, 0.25) is 5.91 Å². The van der Waals surface area contributed by atoms with E-state index in [9.17, 15) is 9.59 Å². The quantitative estimate of drug-likeness (QED) is 0.205. The minimum absolute atomic E-state index is 0.218. The summed E-state index contributed by atoms with van der Waals surface area (Å²) in [5.74, 6) is 0.515. The average molecular weight is 629 g/mol. The Kier molecular flexibility index (Phi) is 12.1. The largest absolute Gasteiger partial charge is 0.488 e. The van der Waals surface area contributed by atoms with Crippen LogP contribution in [0.1, 0.15) is 73.4 Å². The summed E-state index contributed by atoms with van der Waals surface area (Å²) in [6.07, 6.45) is -0.880. The molecule has 0 aliphatic heterocycles. The fraction of sp³-hybridized carbons (Fsp3) is 0.545. The number of ether oxygens (including phenoxy) is 4. The molecule has 242 valence electrons. The van der Waals surface area contributed by atoms with Gasteiger partial charge in [0, 0.05) is 19.8 Å². The molecule has 2 amide bonds. The fourth-order valence-corrected chi connectivity index (χ4v) is 5.49. The zero-order chi connectivity index (χ0) is 32.7. The smallest absolute Gasteiger partial charge is 0.413 e. The van der Waals surface area contributed by atoms with Crippen LogP contribution in [0, 0.1) is 0 Å². The number of benzene rings is 2. The Morgan fingerprint density at radius 2 is 1.61 bits per heavy atom. The molecule has 44 heavy (non-hydrogen) atoms. The van der Waals surface area contributed by atoms with Gasteiger partial charge in [-0.05, 0) is 98.1 Å². The van der Waals surface area contributed by atoms with Gasteiger partial charge in [-0.1, -0.05) is 35.6 Å². The number of nitrogens with two attached hydrogens (primary N) is 1. The van der Waals surface area contributed by atoms with E-state index in [-0.39, 0.29) is 18.1 Å². The Bertz CT molecular complexity index is 1370. The van der Waals surface area contributed by atoms with E-state index in [1.54, 1.807) is 25.7 Å². The number of hydrogen-bond acceptors (Lipinski definition) is 9. The number of anilines is 1. The minimum atomic E-state index is -0.810. The number of aromatic nitrogens is 1. The van der Waals surface area contributed by atoms with Crippen LogP contribution >= 0.6 is 11.3 Å². The van der Waals surface area contributed by atoms with E-state index in [1.165, 1.54) is 11.3 Å². The fourth-order valence-electron chi connectivity index (χ4n) is 4.59. The molecule has 0 radical (unpaired) electrons. The molecule has 11 heteroatoms. The van der Waals surface area contributed by atoms with E-state index >= 15 is 0 Å². The molecule has 2 aromatic carbocycles. The summed E-state index contributed by atoms with van der Waals surface area (Å²) < 4.78 is 24.0. The lowest BCUT2D eigenvalue weighted by molar-refractivity contribution is -0.179. The van der Waals surface area contributed by atoms with Crippen molar-refractivity contribution in [3.63, 3.8) is 0 Å². The predicted octanol–water partition coefficient (Wildman–Crippen LogP) is 6.51. The van der Waals surface area contributed by atoms with Gasteiger partial charge in [0.25, 0.3) is 0 Å². The molecule has 3 aromatic rings. The van der Waals surface area contributed by atoms with Crippen LogP contribution in [0.4, 0.5) is 9.93 Å². The third kappa shape index (κ3) is 10.4. The predicted molar refractivity (Wildman–Crippen MR) is 175 cm³/mol. The third-order valence-corrected chi connectivity index (χ3v) is 7.34. The van der Waals surface area contributed by atoms with Crippen LogP contribution in [0.5, 0.6) is 5.75 Å². The first-order valence-electron chi connectivity index (χ1n) is 15.1. The number of nitrogens with zero attached hydrogens (tertiary/aromatic N) is 2. The molecule has 1 aromatic heterocycles. The average Bonchev–Trinajstić information content (AvgIpc) is 3.33. The Morgan fingerprint density at radius 3 is 2.18 bits per heavy atom. The summed E-state index contributed by atoms with van der Waals surface area (Å²) in [4.78, 5) is 32.8. The van der Waals surface area contributed by atoms with E-state index in [4.69, 9.17) is 24.7 Å². The number of thiazole rings is 1. The van der Waals surface area contributed by atoms with Crippen molar-refractivity contribution in [1.29, 1.82) is 0 Å². The van der Waals surface area contributed by atoms with Crippen LogP contribution in [0.3, 0.4) is 0 Å². The molecule has 10 nitrogen and oxygen atoms in total. The zero-order valence-corrected chi connectivity index (χ0v) is 28.2. The highest BCUT2D eigenvalue weighted by atomic mass is 32.1. The van der Waals surface area contributed by atoms with Crippen molar-refractivity contribution in [2.75, 3.05) is 18.5 Å². The number of rotatable bonds is 13. The molecule has 3 rings (SSSR count). The SMILES string of the molecule is CCOC(OCC)[C@H](C)N(Cc1cccc2sc(NC(=O)OC(C)(C)C)nc12)C(=O)[C@@H](N)Cc1ccc(OC(C)(C)C)cc1. The normalized spacial score (nSPS) is 13.5. The summed E-state index contributed by atoms with van der Waals surface area (Å²) >= 11 is 1.33. The van der Waals surface area contributed by atoms with Crippen LogP contribution in [0.2, 0.25) is 0 Å². The highest BCUT2D eigenvalue weighted by Gasteiger charge is 2.32. The molecule has 0 saturated carbocycles. The van der Waals surface area contributed by atoms with Crippen LogP contribution in [-0.4, -0.2) is 64.7 Å². The van der Waals surface area contributed by atoms with Crippen LogP contribution in [0.15, 0.2) is 42.5 Å². The van der Waals surface area contributed by atoms with Crippen molar-refractivity contribution in [1.82, 2.24) is 9.88 Å². The van der Waals surface area contributed by atoms with Gasteiger partial charge >= 0.3 is 6.09 Å². The van der Waals surface area contributed by atoms with E-state index in [0.29, 0.717) is 30.3 Å². The number of hydrogen-bond donors (Lipinski definition) is 2. The summed E-state index contributed by atoms with van der Waals surface area (Å²) in [7, 11) is 0. The first-order chi connectivity index (χ1) is 20.6. The molecule has 1 heterocycles. The Balaban J connectivity index is 1.88. The minimum Gasteiger partial charge on any atom is -0.488 e. The van der Waals surface area contributed by atoms with Gasteiger partial charge in [-0.2, -0.15) is 0 Å². The van der Waals surface area contributed by atoms with Crippen molar-refractivity contribution in [3.8, 4) is 5.75 Å². The molecule has 2 atom stereocenters. The maximum Gasteiger partial charge on any atom is 0.413 e. The van der Waals surface area contributed by atoms with Gasteiger partial charge in [-0.3, -0.25) is 10.1 Å². The van der Waals surface area contributed by atoms with Crippen LogP contribution in [0.25, 0.3) is 10.2 Å². The maximum atomic E-state index is 14.1. The molecule has 0 fully saturated rings. The first kappa shape index (κ1) is 35.2. The standard InChI is InChI=1S/C33H48N4O6S/c1-10-40-29(41-11-2)21(3)37(28(38)25(34)19-22-15-17-24(18-16-22)42-32(4,5)6)20-23-13-12-14-26-27(23)35-30(44-26)36-31(39)43-33(7,8)9/h12-18,21,25,29H,10-11,19-20,34H2,1-9H3,(H,35,36,39)/t21-,25-/m0/s1. The summed E-state index contributed by atoms with van der Waals surface area (Å²) in [6.45, 7) is 18.1. The van der Waals surface area contributed by atoms with Gasteiger partial charge < -0.3 is 29.6 Å². The molecule has 0 unspecified atom stereocenters. The van der Waals surface area contributed by atoms with E-state index in [1.807, 2.05) is 84.0 Å². The van der Waals surface area contributed by atoms with Gasteiger partial charge in [0.1, 0.15) is 17.0 Å². The lowest BCUT2D eigenvalue weighted by Gasteiger charge is -2.36. The highest BCUT2D eigenvalue weighted by molar-refractivity contribution is 7.22. The van der Waals surface area contributed by atoms with Crippen LogP contribution < -0.4 is 15.8 Å². The van der Waals surface area contributed by atoms with Crippen molar-refractivity contribution in [2.45, 2.75) is 105 Å². The summed E-state index contributed by atoms with van der Waals surface area (Å²) in [5.41, 5.74) is 8.03. The Morgan fingerprint density at radius 1 is 0.977 bits per heavy atom. The number of amides is 2. The molecule has 0 bridgehead atoms. The second kappa shape index (κ2) is 15.2.